The molecule has 20 heavy (non-hydrogen) atoms. The van der Waals surface area contributed by atoms with E-state index in [0.29, 0.717) is 5.56 Å². The van der Waals surface area contributed by atoms with Gasteiger partial charge in [0.25, 0.3) is 0 Å². The molecule has 0 radical (unpaired) electrons. The maximum atomic E-state index is 12.4. The van der Waals surface area contributed by atoms with Crippen molar-refractivity contribution in [2.45, 2.75) is 65.0 Å². The fourth-order valence-electron chi connectivity index (χ4n) is 3.16. The second kappa shape index (κ2) is 5.21. The van der Waals surface area contributed by atoms with Crippen LogP contribution >= 0.6 is 0 Å². The highest BCUT2D eigenvalue weighted by Gasteiger charge is 2.44. The molecule has 0 atom stereocenters. The smallest absolute Gasteiger partial charge is 0.357 e. The normalized spacial score (nSPS) is 21.4. The molecule has 0 unspecified atom stereocenters. The third kappa shape index (κ3) is 2.88. The summed E-state index contributed by atoms with van der Waals surface area (Å²) in [5, 5.41) is 1.90. The van der Waals surface area contributed by atoms with Gasteiger partial charge in [-0.05, 0) is 65.5 Å². The highest BCUT2D eigenvalue weighted by molar-refractivity contribution is 5.90. The van der Waals surface area contributed by atoms with Crippen molar-refractivity contribution < 1.29 is 9.63 Å². The Hall–Kier alpha value is -1.35. The molecular formula is C17H25NO2. The molecule has 1 aromatic rings. The number of hydrogen-bond acceptors (Lipinski definition) is 3. The molecular weight excluding hydrogens is 250 g/mol. The van der Waals surface area contributed by atoms with Crippen LogP contribution in [-0.2, 0) is 4.84 Å². The second-order valence-corrected chi connectivity index (χ2v) is 6.97. The lowest BCUT2D eigenvalue weighted by atomic mass is 9.82. The first-order valence-electron chi connectivity index (χ1n) is 7.32. The van der Waals surface area contributed by atoms with Crippen LogP contribution in [0, 0.1) is 6.92 Å². The number of nitrogens with zero attached hydrogens (tertiary/aromatic N) is 1. The van der Waals surface area contributed by atoms with E-state index in [-0.39, 0.29) is 17.0 Å². The minimum atomic E-state index is -0.258. The predicted molar refractivity (Wildman–Crippen MR) is 80.4 cm³/mol. The van der Waals surface area contributed by atoms with E-state index in [1.54, 1.807) is 0 Å². The van der Waals surface area contributed by atoms with Gasteiger partial charge in [-0.1, -0.05) is 18.2 Å². The molecule has 0 aromatic heterocycles. The molecule has 0 amide bonds. The van der Waals surface area contributed by atoms with Gasteiger partial charge < -0.3 is 4.84 Å². The van der Waals surface area contributed by atoms with Crippen LogP contribution in [0.4, 0.5) is 0 Å². The van der Waals surface area contributed by atoms with E-state index in [9.17, 15) is 4.79 Å². The van der Waals surface area contributed by atoms with Crippen molar-refractivity contribution in [2.24, 2.45) is 0 Å². The van der Waals surface area contributed by atoms with Crippen LogP contribution in [0.1, 0.15) is 62.9 Å². The lowest BCUT2D eigenvalue weighted by Gasteiger charge is -2.50. The topological polar surface area (TPSA) is 29.5 Å². The number of benzene rings is 1. The van der Waals surface area contributed by atoms with Crippen LogP contribution in [-0.4, -0.2) is 22.1 Å². The molecule has 0 bridgehead atoms. The van der Waals surface area contributed by atoms with Crippen LogP contribution in [0.2, 0.25) is 0 Å². The summed E-state index contributed by atoms with van der Waals surface area (Å²) < 4.78 is 0. The first kappa shape index (κ1) is 15.0. The van der Waals surface area contributed by atoms with E-state index in [2.05, 4.69) is 27.7 Å². The molecule has 3 nitrogen and oxygen atoms in total. The van der Waals surface area contributed by atoms with E-state index >= 15 is 0 Å². The summed E-state index contributed by atoms with van der Waals surface area (Å²) in [6, 6.07) is 7.56. The van der Waals surface area contributed by atoms with Crippen molar-refractivity contribution in [3.63, 3.8) is 0 Å². The number of aryl methyl sites for hydroxylation is 1. The number of hydrogen-bond donors (Lipinski definition) is 0. The van der Waals surface area contributed by atoms with Crippen molar-refractivity contribution in [2.75, 3.05) is 0 Å². The average Bonchev–Trinajstić information content (AvgIpc) is 2.34. The van der Waals surface area contributed by atoms with Crippen molar-refractivity contribution in [1.29, 1.82) is 0 Å². The Morgan fingerprint density at radius 2 is 1.65 bits per heavy atom. The molecule has 0 spiro atoms. The molecule has 1 heterocycles. The van der Waals surface area contributed by atoms with Crippen molar-refractivity contribution in [1.82, 2.24) is 5.06 Å². The molecule has 2 rings (SSSR count). The van der Waals surface area contributed by atoms with Crippen molar-refractivity contribution in [3.05, 3.63) is 35.4 Å². The van der Waals surface area contributed by atoms with Crippen LogP contribution in [0.5, 0.6) is 0 Å². The summed E-state index contributed by atoms with van der Waals surface area (Å²) in [5.74, 6) is -0.258. The second-order valence-electron chi connectivity index (χ2n) is 6.97. The summed E-state index contributed by atoms with van der Waals surface area (Å²) in [6.45, 7) is 10.5. The summed E-state index contributed by atoms with van der Waals surface area (Å²) in [5.41, 5.74) is 1.34. The van der Waals surface area contributed by atoms with Gasteiger partial charge in [-0.25, -0.2) is 4.79 Å². The molecule has 1 fully saturated rings. The highest BCUT2D eigenvalue weighted by atomic mass is 16.7. The Balaban J connectivity index is 2.23. The SMILES string of the molecule is Cc1ccccc1C(=O)ON1C(C)(C)CCCC1(C)C. The summed E-state index contributed by atoms with van der Waals surface area (Å²) in [7, 11) is 0. The molecule has 1 aliphatic heterocycles. The van der Waals surface area contributed by atoms with Crippen LogP contribution in [0.25, 0.3) is 0 Å². The highest BCUT2D eigenvalue weighted by Crippen LogP contribution is 2.38. The number of hydroxylamine groups is 2. The molecule has 0 N–H and O–H groups in total. The van der Waals surface area contributed by atoms with Gasteiger partial charge in [0.15, 0.2) is 0 Å². The molecule has 1 saturated heterocycles. The number of carbonyl (C=O) groups excluding carboxylic acids is 1. The first-order chi connectivity index (χ1) is 9.24. The van der Waals surface area contributed by atoms with Crippen LogP contribution < -0.4 is 0 Å². The molecule has 1 aliphatic rings. The number of piperidine rings is 1. The molecule has 0 saturated carbocycles. The number of carbonyl (C=O) groups is 1. The fraction of sp³-hybridized carbons (Fsp3) is 0.588. The Kier molecular flexibility index (Phi) is 3.92. The Morgan fingerprint density at radius 3 is 2.20 bits per heavy atom. The standard InChI is InChI=1S/C17H25NO2/c1-13-9-6-7-10-14(13)15(19)20-18-16(2,3)11-8-12-17(18,4)5/h6-7,9-10H,8,11-12H2,1-5H3. The van der Waals surface area contributed by atoms with Gasteiger partial charge in [-0.15, -0.1) is 5.06 Å². The maximum Gasteiger partial charge on any atom is 0.357 e. The Morgan fingerprint density at radius 1 is 1.10 bits per heavy atom. The van der Waals surface area contributed by atoms with Crippen LogP contribution in [0.15, 0.2) is 24.3 Å². The predicted octanol–water partition coefficient (Wildman–Crippen LogP) is 4.11. The minimum Gasteiger partial charge on any atom is -0.363 e. The van der Waals surface area contributed by atoms with E-state index < -0.39 is 0 Å². The van der Waals surface area contributed by atoms with E-state index in [0.717, 1.165) is 18.4 Å². The lowest BCUT2D eigenvalue weighted by Crippen LogP contribution is -2.58. The quantitative estimate of drug-likeness (QED) is 0.813. The van der Waals surface area contributed by atoms with Crippen LogP contribution in [0.3, 0.4) is 0 Å². The molecule has 1 aromatic carbocycles. The van der Waals surface area contributed by atoms with Gasteiger partial charge in [0.2, 0.25) is 0 Å². The zero-order chi connectivity index (χ0) is 15.0. The van der Waals surface area contributed by atoms with Crippen molar-refractivity contribution in [3.8, 4) is 0 Å². The third-order valence-corrected chi connectivity index (χ3v) is 4.22. The van der Waals surface area contributed by atoms with E-state index in [1.165, 1.54) is 6.42 Å². The van der Waals surface area contributed by atoms with Gasteiger partial charge in [0.05, 0.1) is 16.6 Å². The molecule has 110 valence electrons. The first-order valence-corrected chi connectivity index (χ1v) is 7.32. The fourth-order valence-corrected chi connectivity index (χ4v) is 3.16. The average molecular weight is 275 g/mol. The van der Waals surface area contributed by atoms with Crippen molar-refractivity contribution >= 4 is 5.97 Å². The van der Waals surface area contributed by atoms with Gasteiger partial charge in [0.1, 0.15) is 0 Å². The largest absolute Gasteiger partial charge is 0.363 e. The minimum absolute atomic E-state index is 0.125. The zero-order valence-electron chi connectivity index (χ0n) is 13.2. The third-order valence-electron chi connectivity index (χ3n) is 4.22. The monoisotopic (exact) mass is 275 g/mol. The number of rotatable bonds is 2. The van der Waals surface area contributed by atoms with Gasteiger partial charge in [0, 0.05) is 0 Å². The van der Waals surface area contributed by atoms with Gasteiger partial charge in [-0.3, -0.25) is 0 Å². The van der Waals surface area contributed by atoms with Gasteiger partial charge in [-0.2, -0.15) is 0 Å². The van der Waals surface area contributed by atoms with E-state index in [4.69, 9.17) is 4.84 Å². The summed E-state index contributed by atoms with van der Waals surface area (Å²) in [6.07, 6.45) is 3.24. The Labute approximate surface area is 121 Å². The molecule has 3 heteroatoms. The molecule has 0 aliphatic carbocycles. The van der Waals surface area contributed by atoms with E-state index in [1.807, 2.05) is 36.3 Å². The van der Waals surface area contributed by atoms with Gasteiger partial charge >= 0.3 is 5.97 Å². The Bertz CT molecular complexity index is 489. The lowest BCUT2D eigenvalue weighted by molar-refractivity contribution is -0.240. The maximum absolute atomic E-state index is 12.4. The zero-order valence-corrected chi connectivity index (χ0v) is 13.2. The summed E-state index contributed by atoms with van der Waals surface area (Å²) in [4.78, 5) is 18.2. The summed E-state index contributed by atoms with van der Waals surface area (Å²) >= 11 is 0.